The van der Waals surface area contributed by atoms with Crippen molar-refractivity contribution in [2.45, 2.75) is 13.1 Å². The number of alkyl halides is 3. The van der Waals surface area contributed by atoms with Gasteiger partial charge in [0.25, 0.3) is 0 Å². The van der Waals surface area contributed by atoms with E-state index in [0.717, 1.165) is 6.07 Å². The third kappa shape index (κ3) is 3.24. The number of hydrogen-bond acceptors (Lipinski definition) is 4. The molecule has 0 atom stereocenters. The lowest BCUT2D eigenvalue weighted by atomic mass is 10.0. The summed E-state index contributed by atoms with van der Waals surface area (Å²) in [6.07, 6.45) is 0.330. The molecule has 4 rings (SSSR count). The van der Waals surface area contributed by atoms with E-state index in [0.29, 0.717) is 28.2 Å². The van der Waals surface area contributed by atoms with Crippen molar-refractivity contribution in [3.63, 3.8) is 0 Å². The Morgan fingerprint density at radius 1 is 1.00 bits per heavy atom. The average molecular weight is 382 g/mol. The Labute approximate surface area is 157 Å². The molecule has 0 aliphatic carbocycles. The maximum absolute atomic E-state index is 13.0. The molecule has 0 aliphatic heterocycles. The minimum Gasteiger partial charge on any atom is -0.306 e. The predicted octanol–water partition coefficient (Wildman–Crippen LogP) is 4.68. The lowest BCUT2D eigenvalue weighted by molar-refractivity contribution is -0.141. The first-order chi connectivity index (χ1) is 13.3. The average Bonchev–Trinajstić information content (AvgIpc) is 3.11. The smallest absolute Gasteiger partial charge is 0.306 e. The van der Waals surface area contributed by atoms with Crippen molar-refractivity contribution < 1.29 is 18.0 Å². The Morgan fingerprint density at radius 3 is 2.57 bits per heavy atom. The molecule has 0 fully saturated rings. The lowest BCUT2D eigenvalue weighted by Crippen LogP contribution is -2.08. The van der Waals surface area contributed by atoms with Crippen molar-refractivity contribution in [1.29, 1.82) is 0 Å². The molecular formula is C20H13F3N4O. The highest BCUT2D eigenvalue weighted by atomic mass is 19.4. The second-order valence-electron chi connectivity index (χ2n) is 6.17. The second-order valence-corrected chi connectivity index (χ2v) is 6.17. The minimum atomic E-state index is -4.54. The van der Waals surface area contributed by atoms with E-state index in [2.05, 4.69) is 15.0 Å². The van der Waals surface area contributed by atoms with E-state index < -0.39 is 11.9 Å². The molecule has 0 unspecified atom stereocenters. The molecule has 5 nitrogen and oxygen atoms in total. The third-order valence-corrected chi connectivity index (χ3v) is 4.21. The third-order valence-electron chi connectivity index (χ3n) is 4.21. The van der Waals surface area contributed by atoms with Crippen LogP contribution < -0.4 is 0 Å². The summed E-state index contributed by atoms with van der Waals surface area (Å²) in [6.45, 7) is 1.43. The summed E-state index contributed by atoms with van der Waals surface area (Å²) in [7, 11) is 0. The molecule has 0 radical (unpaired) electrons. The van der Waals surface area contributed by atoms with Crippen LogP contribution in [0.2, 0.25) is 0 Å². The second kappa shape index (κ2) is 6.56. The molecule has 8 heteroatoms. The van der Waals surface area contributed by atoms with Gasteiger partial charge in [-0.1, -0.05) is 12.1 Å². The van der Waals surface area contributed by atoms with Crippen LogP contribution in [0.15, 0.2) is 61.1 Å². The zero-order chi connectivity index (χ0) is 19.9. The first kappa shape index (κ1) is 17.8. The van der Waals surface area contributed by atoms with Gasteiger partial charge < -0.3 is 4.40 Å². The highest BCUT2D eigenvalue weighted by Gasteiger charge is 2.32. The number of carbonyl (C=O) groups is 1. The number of imidazole rings is 1. The van der Waals surface area contributed by atoms with Gasteiger partial charge in [0.15, 0.2) is 5.78 Å². The standard InChI is InChI=1S/C20H13F3N4O/c1-12(28)16-11-27-10-13(7-8-18(27)26-16)14-4-3-9-24-19(14)15-5-2-6-17(25-15)20(21,22)23/h2-11H,1H3. The summed E-state index contributed by atoms with van der Waals surface area (Å²) in [4.78, 5) is 23.8. The van der Waals surface area contributed by atoms with E-state index >= 15 is 0 Å². The van der Waals surface area contributed by atoms with Gasteiger partial charge in [-0.3, -0.25) is 9.78 Å². The van der Waals surface area contributed by atoms with Gasteiger partial charge in [0, 0.05) is 36.6 Å². The van der Waals surface area contributed by atoms with E-state index in [1.165, 1.54) is 25.3 Å². The van der Waals surface area contributed by atoms with Crippen LogP contribution in [0.3, 0.4) is 0 Å². The quantitative estimate of drug-likeness (QED) is 0.483. The van der Waals surface area contributed by atoms with Crippen molar-refractivity contribution in [2.75, 3.05) is 0 Å². The number of ketones is 1. The van der Waals surface area contributed by atoms with Crippen LogP contribution in [-0.4, -0.2) is 25.1 Å². The summed E-state index contributed by atoms with van der Waals surface area (Å²) in [5, 5.41) is 0. The molecule has 140 valence electrons. The number of nitrogens with zero attached hydrogens (tertiary/aromatic N) is 4. The van der Waals surface area contributed by atoms with Crippen molar-refractivity contribution >= 4 is 11.4 Å². The highest BCUT2D eigenvalue weighted by molar-refractivity contribution is 5.92. The Balaban J connectivity index is 1.85. The van der Waals surface area contributed by atoms with Crippen LogP contribution in [0.5, 0.6) is 0 Å². The van der Waals surface area contributed by atoms with E-state index in [4.69, 9.17) is 0 Å². The van der Waals surface area contributed by atoms with Gasteiger partial charge in [0.1, 0.15) is 17.0 Å². The molecule has 0 amide bonds. The van der Waals surface area contributed by atoms with Crippen molar-refractivity contribution in [1.82, 2.24) is 19.4 Å². The summed E-state index contributed by atoms with van der Waals surface area (Å²) < 4.78 is 40.8. The molecule has 0 spiro atoms. The van der Waals surface area contributed by atoms with E-state index in [1.807, 2.05) is 0 Å². The maximum Gasteiger partial charge on any atom is 0.433 e. The van der Waals surface area contributed by atoms with Crippen molar-refractivity contribution in [3.05, 3.63) is 72.4 Å². The van der Waals surface area contributed by atoms with E-state index in [9.17, 15) is 18.0 Å². The monoisotopic (exact) mass is 382 g/mol. The highest BCUT2D eigenvalue weighted by Crippen LogP contribution is 2.32. The molecule has 28 heavy (non-hydrogen) atoms. The number of carbonyl (C=O) groups excluding carboxylic acids is 1. The van der Waals surface area contributed by atoms with Gasteiger partial charge >= 0.3 is 6.18 Å². The predicted molar refractivity (Wildman–Crippen MR) is 96.7 cm³/mol. The Kier molecular flexibility index (Phi) is 4.18. The fourth-order valence-electron chi connectivity index (χ4n) is 2.89. The fourth-order valence-corrected chi connectivity index (χ4v) is 2.89. The summed E-state index contributed by atoms with van der Waals surface area (Å²) in [5.41, 5.74) is 1.74. The number of rotatable bonds is 3. The van der Waals surface area contributed by atoms with Gasteiger partial charge in [-0.15, -0.1) is 0 Å². The number of pyridine rings is 3. The number of Topliss-reactive ketones (excluding diaryl/α,β-unsaturated/α-hetero) is 1. The molecule has 0 aliphatic rings. The van der Waals surface area contributed by atoms with Crippen LogP contribution in [0.25, 0.3) is 28.2 Å². The maximum atomic E-state index is 13.0. The topological polar surface area (TPSA) is 60.2 Å². The molecule has 4 aromatic rings. The van der Waals surface area contributed by atoms with Gasteiger partial charge in [-0.05, 0) is 30.3 Å². The summed E-state index contributed by atoms with van der Waals surface area (Å²) in [6, 6.07) is 10.7. The molecule has 4 aromatic heterocycles. The number of halogens is 3. The van der Waals surface area contributed by atoms with Crippen molar-refractivity contribution in [2.24, 2.45) is 0 Å². The summed E-state index contributed by atoms with van der Waals surface area (Å²) >= 11 is 0. The molecule has 4 heterocycles. The number of hydrogen-bond donors (Lipinski definition) is 0. The van der Waals surface area contributed by atoms with E-state index in [1.54, 1.807) is 41.1 Å². The van der Waals surface area contributed by atoms with Crippen LogP contribution in [-0.2, 0) is 6.18 Å². The minimum absolute atomic E-state index is 0.126. The van der Waals surface area contributed by atoms with Gasteiger partial charge in [-0.25, -0.2) is 9.97 Å². The normalized spacial score (nSPS) is 11.7. The Morgan fingerprint density at radius 2 is 1.82 bits per heavy atom. The Hall–Kier alpha value is -3.55. The van der Waals surface area contributed by atoms with Gasteiger partial charge in [0.2, 0.25) is 0 Å². The zero-order valence-corrected chi connectivity index (χ0v) is 14.6. The SMILES string of the molecule is CC(=O)c1cn2cc(-c3cccnc3-c3cccc(C(F)(F)F)n3)ccc2n1. The summed E-state index contributed by atoms with van der Waals surface area (Å²) in [5.74, 6) is -0.152. The number of fused-ring (bicyclic) bond motifs is 1. The van der Waals surface area contributed by atoms with Crippen LogP contribution in [0.4, 0.5) is 13.2 Å². The van der Waals surface area contributed by atoms with Crippen LogP contribution in [0, 0.1) is 0 Å². The van der Waals surface area contributed by atoms with E-state index in [-0.39, 0.29) is 11.5 Å². The number of aromatic nitrogens is 4. The van der Waals surface area contributed by atoms with Gasteiger partial charge in [-0.2, -0.15) is 13.2 Å². The molecule has 0 saturated carbocycles. The molecule has 0 bridgehead atoms. The molecule has 0 saturated heterocycles. The fraction of sp³-hybridized carbons (Fsp3) is 0.100. The van der Waals surface area contributed by atoms with Gasteiger partial charge in [0.05, 0.1) is 11.4 Å². The first-order valence-corrected chi connectivity index (χ1v) is 8.32. The zero-order valence-electron chi connectivity index (χ0n) is 14.6. The van der Waals surface area contributed by atoms with Crippen LogP contribution >= 0.6 is 0 Å². The van der Waals surface area contributed by atoms with Crippen molar-refractivity contribution in [3.8, 4) is 22.5 Å². The largest absolute Gasteiger partial charge is 0.433 e. The van der Waals surface area contributed by atoms with Crippen LogP contribution in [0.1, 0.15) is 23.1 Å². The molecule has 0 aromatic carbocycles. The molecular weight excluding hydrogens is 369 g/mol. The first-order valence-electron chi connectivity index (χ1n) is 8.32. The lowest BCUT2D eigenvalue weighted by Gasteiger charge is -2.11. The Bertz CT molecular complexity index is 1200. The molecule has 0 N–H and O–H groups in total.